The third-order valence-corrected chi connectivity index (χ3v) is 4.76. The summed E-state index contributed by atoms with van der Waals surface area (Å²) in [4.78, 5) is 24.3. The van der Waals surface area contributed by atoms with Gasteiger partial charge in [-0.3, -0.25) is 9.59 Å². The Hall–Kier alpha value is -2.92. The van der Waals surface area contributed by atoms with Crippen molar-refractivity contribution in [2.75, 3.05) is 13.1 Å². The lowest BCUT2D eigenvalue weighted by Gasteiger charge is -2.09. The fourth-order valence-electron chi connectivity index (χ4n) is 2.64. The van der Waals surface area contributed by atoms with Gasteiger partial charge in [-0.2, -0.15) is 0 Å². The number of hydrogen-bond donors (Lipinski definition) is 2. The average molecular weight is 423 g/mol. The maximum Gasteiger partial charge on any atom is 0.252 e. The van der Waals surface area contributed by atoms with Gasteiger partial charge in [0.05, 0.1) is 5.56 Å². The Balaban J connectivity index is 1.48. The van der Waals surface area contributed by atoms with E-state index in [1.165, 1.54) is 0 Å². The molecule has 3 aromatic rings. The first-order valence-electron chi connectivity index (χ1n) is 8.61. The molecule has 0 aliphatic carbocycles. The van der Waals surface area contributed by atoms with Gasteiger partial charge in [0.25, 0.3) is 11.8 Å². The first kappa shape index (κ1) is 18.9. The molecule has 0 bridgehead atoms. The lowest BCUT2D eigenvalue weighted by molar-refractivity contribution is 0.0927. The summed E-state index contributed by atoms with van der Waals surface area (Å²) in [5, 5.41) is 5.61. The van der Waals surface area contributed by atoms with E-state index in [0.29, 0.717) is 24.2 Å². The van der Waals surface area contributed by atoms with Gasteiger partial charge in [-0.1, -0.05) is 54.6 Å². The van der Waals surface area contributed by atoms with Gasteiger partial charge in [-0.05, 0) is 51.3 Å². The molecule has 0 aliphatic rings. The molecule has 0 radical (unpaired) electrons. The number of nitrogens with one attached hydrogen (secondary N) is 2. The van der Waals surface area contributed by atoms with Gasteiger partial charge < -0.3 is 10.6 Å². The first-order chi connectivity index (χ1) is 13.1. The molecule has 0 heterocycles. The maximum atomic E-state index is 12.2. The van der Waals surface area contributed by atoms with Gasteiger partial charge in [0.15, 0.2) is 0 Å². The molecule has 0 fully saturated rings. The lowest BCUT2D eigenvalue weighted by Crippen LogP contribution is -2.34. The zero-order valence-corrected chi connectivity index (χ0v) is 16.2. The summed E-state index contributed by atoms with van der Waals surface area (Å²) in [6, 6.07) is 24.7. The number of benzene rings is 3. The van der Waals surface area contributed by atoms with Crippen LogP contribution in [-0.2, 0) is 0 Å². The summed E-state index contributed by atoms with van der Waals surface area (Å²) in [7, 11) is 0. The van der Waals surface area contributed by atoms with E-state index in [9.17, 15) is 9.59 Å². The number of halogens is 1. The molecule has 27 heavy (non-hydrogen) atoms. The zero-order chi connectivity index (χ0) is 19.1. The van der Waals surface area contributed by atoms with Gasteiger partial charge in [-0.15, -0.1) is 0 Å². The van der Waals surface area contributed by atoms with Crippen LogP contribution in [0.25, 0.3) is 11.1 Å². The highest BCUT2D eigenvalue weighted by atomic mass is 79.9. The molecule has 0 saturated carbocycles. The fraction of sp³-hybridized carbons (Fsp3) is 0.0909. The highest BCUT2D eigenvalue weighted by molar-refractivity contribution is 9.10. The van der Waals surface area contributed by atoms with E-state index in [1.54, 1.807) is 24.3 Å². The minimum atomic E-state index is -0.177. The van der Waals surface area contributed by atoms with Crippen molar-refractivity contribution in [3.8, 4) is 11.1 Å². The Kier molecular flexibility index (Phi) is 6.39. The van der Waals surface area contributed by atoms with E-state index in [2.05, 4.69) is 26.6 Å². The second-order valence-corrected chi connectivity index (χ2v) is 6.79. The molecule has 2 amide bonds. The van der Waals surface area contributed by atoms with E-state index in [0.717, 1.165) is 15.6 Å². The van der Waals surface area contributed by atoms with Crippen molar-refractivity contribution in [1.29, 1.82) is 0 Å². The van der Waals surface area contributed by atoms with Crippen LogP contribution in [0.5, 0.6) is 0 Å². The highest BCUT2D eigenvalue weighted by Crippen LogP contribution is 2.19. The van der Waals surface area contributed by atoms with Crippen molar-refractivity contribution >= 4 is 27.7 Å². The van der Waals surface area contributed by atoms with Crippen molar-refractivity contribution < 1.29 is 9.59 Å². The van der Waals surface area contributed by atoms with Crippen LogP contribution in [-0.4, -0.2) is 24.9 Å². The predicted molar refractivity (Wildman–Crippen MR) is 111 cm³/mol. The fourth-order valence-corrected chi connectivity index (χ4v) is 3.10. The van der Waals surface area contributed by atoms with Crippen LogP contribution < -0.4 is 10.6 Å². The first-order valence-corrected chi connectivity index (χ1v) is 9.41. The summed E-state index contributed by atoms with van der Waals surface area (Å²) < 4.78 is 0.741. The van der Waals surface area contributed by atoms with E-state index in [1.807, 2.05) is 54.6 Å². The van der Waals surface area contributed by atoms with Crippen LogP contribution in [0, 0.1) is 0 Å². The molecule has 0 unspecified atom stereocenters. The van der Waals surface area contributed by atoms with Gasteiger partial charge in [0.1, 0.15) is 0 Å². The van der Waals surface area contributed by atoms with E-state index in [4.69, 9.17) is 0 Å². The quantitative estimate of drug-likeness (QED) is 0.582. The van der Waals surface area contributed by atoms with Gasteiger partial charge >= 0.3 is 0 Å². The molecular weight excluding hydrogens is 404 g/mol. The van der Waals surface area contributed by atoms with Crippen LogP contribution in [0.4, 0.5) is 0 Å². The van der Waals surface area contributed by atoms with E-state index < -0.39 is 0 Å². The van der Waals surface area contributed by atoms with Crippen LogP contribution >= 0.6 is 15.9 Å². The number of carbonyl (C=O) groups is 2. The molecule has 0 aliphatic heterocycles. The topological polar surface area (TPSA) is 58.2 Å². The number of carbonyl (C=O) groups excluding carboxylic acids is 2. The van der Waals surface area contributed by atoms with Crippen LogP contribution in [0.1, 0.15) is 20.7 Å². The second kappa shape index (κ2) is 9.14. The van der Waals surface area contributed by atoms with E-state index in [-0.39, 0.29) is 11.8 Å². The normalized spacial score (nSPS) is 10.3. The molecule has 0 spiro atoms. The van der Waals surface area contributed by atoms with Gasteiger partial charge in [0.2, 0.25) is 0 Å². The van der Waals surface area contributed by atoms with E-state index >= 15 is 0 Å². The monoisotopic (exact) mass is 422 g/mol. The Bertz CT molecular complexity index is 925. The number of amides is 2. The third kappa shape index (κ3) is 5.05. The number of rotatable bonds is 6. The SMILES string of the molecule is O=C(NCCNC(=O)c1ccccc1Br)c1ccc(-c2ccccc2)cc1. The van der Waals surface area contributed by atoms with Crippen LogP contribution in [0.15, 0.2) is 83.3 Å². The predicted octanol–water partition coefficient (Wildman–Crippen LogP) is 4.28. The average Bonchev–Trinajstić information content (AvgIpc) is 2.72. The summed E-state index contributed by atoms with van der Waals surface area (Å²) in [6.45, 7) is 0.712. The van der Waals surface area contributed by atoms with Crippen molar-refractivity contribution in [3.05, 3.63) is 94.5 Å². The summed E-state index contributed by atoms with van der Waals surface area (Å²) in [5.41, 5.74) is 3.33. The van der Waals surface area contributed by atoms with Crippen molar-refractivity contribution in [2.45, 2.75) is 0 Å². The molecule has 3 aromatic carbocycles. The standard InChI is InChI=1S/C22H19BrN2O2/c23-20-9-5-4-8-19(20)22(27)25-15-14-24-21(26)18-12-10-17(11-13-18)16-6-2-1-3-7-16/h1-13H,14-15H2,(H,24,26)(H,25,27). The van der Waals surface area contributed by atoms with Crippen LogP contribution in [0.3, 0.4) is 0 Å². The van der Waals surface area contributed by atoms with Crippen molar-refractivity contribution in [1.82, 2.24) is 10.6 Å². The Morgan fingerprint density at radius 1 is 0.667 bits per heavy atom. The van der Waals surface area contributed by atoms with Crippen molar-refractivity contribution in [2.24, 2.45) is 0 Å². The molecule has 2 N–H and O–H groups in total. The Labute approximate surface area is 166 Å². The van der Waals surface area contributed by atoms with Gasteiger partial charge in [0, 0.05) is 23.1 Å². The molecular formula is C22H19BrN2O2. The zero-order valence-electron chi connectivity index (χ0n) is 14.6. The maximum absolute atomic E-state index is 12.2. The molecule has 4 nitrogen and oxygen atoms in total. The minimum Gasteiger partial charge on any atom is -0.350 e. The largest absolute Gasteiger partial charge is 0.350 e. The van der Waals surface area contributed by atoms with Crippen molar-refractivity contribution in [3.63, 3.8) is 0 Å². The molecule has 136 valence electrons. The summed E-state index contributed by atoms with van der Waals surface area (Å²) in [5.74, 6) is -0.339. The molecule has 0 aromatic heterocycles. The van der Waals surface area contributed by atoms with Crippen LogP contribution in [0.2, 0.25) is 0 Å². The van der Waals surface area contributed by atoms with Gasteiger partial charge in [-0.25, -0.2) is 0 Å². The molecule has 0 atom stereocenters. The smallest absolute Gasteiger partial charge is 0.252 e. The molecule has 3 rings (SSSR count). The minimum absolute atomic E-state index is 0.162. The second-order valence-electron chi connectivity index (χ2n) is 5.94. The number of hydrogen-bond acceptors (Lipinski definition) is 2. The third-order valence-electron chi connectivity index (χ3n) is 4.07. The Morgan fingerprint density at radius 3 is 1.89 bits per heavy atom. The molecule has 0 saturated heterocycles. The highest BCUT2D eigenvalue weighted by Gasteiger charge is 2.09. The summed E-state index contributed by atoms with van der Waals surface area (Å²) in [6.07, 6.45) is 0. The lowest BCUT2D eigenvalue weighted by atomic mass is 10.0. The Morgan fingerprint density at radius 2 is 1.22 bits per heavy atom. The molecule has 5 heteroatoms. The summed E-state index contributed by atoms with van der Waals surface area (Å²) >= 11 is 3.35.